The molecule has 0 radical (unpaired) electrons. The van der Waals surface area contributed by atoms with Crippen molar-refractivity contribution in [1.29, 1.82) is 0 Å². The van der Waals surface area contributed by atoms with E-state index in [1.165, 1.54) is 0 Å². The zero-order chi connectivity index (χ0) is 9.52. The minimum absolute atomic E-state index is 0.249. The Balaban J connectivity index is 2.46. The van der Waals surface area contributed by atoms with Crippen LogP contribution in [0.25, 0.3) is 0 Å². The second-order valence-corrected chi connectivity index (χ2v) is 3.65. The van der Waals surface area contributed by atoms with E-state index in [9.17, 15) is 0 Å². The summed E-state index contributed by atoms with van der Waals surface area (Å²) in [5.74, 6) is 1.80. The van der Waals surface area contributed by atoms with E-state index in [2.05, 4.69) is 10.3 Å². The number of pyridine rings is 1. The van der Waals surface area contributed by atoms with E-state index in [0.29, 0.717) is 0 Å². The Morgan fingerprint density at radius 2 is 2.38 bits per heavy atom. The van der Waals surface area contributed by atoms with Crippen LogP contribution < -0.4 is 5.32 Å². The number of aliphatic hydroxyl groups excluding tert-OH is 1. The van der Waals surface area contributed by atoms with Crippen molar-refractivity contribution in [2.24, 2.45) is 0 Å². The molecule has 4 heteroatoms. The number of aromatic nitrogens is 1. The van der Waals surface area contributed by atoms with Crippen molar-refractivity contribution < 1.29 is 5.11 Å². The van der Waals surface area contributed by atoms with Crippen molar-refractivity contribution in [3.05, 3.63) is 18.2 Å². The third-order valence-corrected chi connectivity index (χ3v) is 2.55. The van der Waals surface area contributed by atoms with Crippen molar-refractivity contribution in [2.45, 2.75) is 11.4 Å². The zero-order valence-electron chi connectivity index (χ0n) is 7.66. The zero-order valence-corrected chi connectivity index (χ0v) is 8.47. The summed E-state index contributed by atoms with van der Waals surface area (Å²) in [6, 6.07) is 5.87. The molecule has 1 rings (SSSR count). The van der Waals surface area contributed by atoms with Gasteiger partial charge in [0.1, 0.15) is 5.82 Å². The minimum atomic E-state index is 0.249. The van der Waals surface area contributed by atoms with Crippen LogP contribution in [0.2, 0.25) is 0 Å². The molecule has 0 aliphatic heterocycles. The lowest BCUT2D eigenvalue weighted by Gasteiger charge is -2.02. The molecule has 1 aromatic heterocycles. The highest BCUT2D eigenvalue weighted by Gasteiger charge is 1.96. The van der Waals surface area contributed by atoms with Gasteiger partial charge >= 0.3 is 0 Å². The lowest BCUT2D eigenvalue weighted by atomic mass is 10.5. The van der Waals surface area contributed by atoms with E-state index in [1.807, 2.05) is 25.2 Å². The number of rotatable bonds is 5. The fraction of sp³-hybridized carbons (Fsp3) is 0.444. The van der Waals surface area contributed by atoms with Crippen LogP contribution in [0.3, 0.4) is 0 Å². The lowest BCUT2D eigenvalue weighted by Crippen LogP contribution is -1.93. The van der Waals surface area contributed by atoms with Gasteiger partial charge in [-0.1, -0.05) is 6.07 Å². The largest absolute Gasteiger partial charge is 0.396 e. The summed E-state index contributed by atoms with van der Waals surface area (Å²) in [6.07, 6.45) is 0.816. The first-order chi connectivity index (χ1) is 6.36. The molecule has 3 nitrogen and oxygen atoms in total. The topological polar surface area (TPSA) is 45.1 Å². The van der Waals surface area contributed by atoms with Gasteiger partial charge in [0.25, 0.3) is 0 Å². The molecule has 0 aliphatic rings. The highest BCUT2D eigenvalue weighted by Crippen LogP contribution is 2.17. The summed E-state index contributed by atoms with van der Waals surface area (Å²) in [5.41, 5.74) is 0. The maximum Gasteiger partial charge on any atom is 0.126 e. The number of hydrogen-bond donors (Lipinski definition) is 2. The summed E-state index contributed by atoms with van der Waals surface area (Å²) in [4.78, 5) is 4.33. The van der Waals surface area contributed by atoms with Gasteiger partial charge in [0.2, 0.25) is 0 Å². The Labute approximate surface area is 82.6 Å². The van der Waals surface area contributed by atoms with E-state index in [1.54, 1.807) is 11.8 Å². The van der Waals surface area contributed by atoms with Gasteiger partial charge in [-0.3, -0.25) is 0 Å². The van der Waals surface area contributed by atoms with E-state index < -0.39 is 0 Å². The molecule has 0 fully saturated rings. The van der Waals surface area contributed by atoms with Crippen LogP contribution >= 0.6 is 11.8 Å². The Bertz CT molecular complexity index is 255. The van der Waals surface area contributed by atoms with Gasteiger partial charge in [0.05, 0.1) is 5.03 Å². The van der Waals surface area contributed by atoms with Crippen molar-refractivity contribution in [3.63, 3.8) is 0 Å². The smallest absolute Gasteiger partial charge is 0.126 e. The van der Waals surface area contributed by atoms with E-state index in [4.69, 9.17) is 5.11 Å². The van der Waals surface area contributed by atoms with E-state index in [0.717, 1.165) is 23.0 Å². The van der Waals surface area contributed by atoms with Crippen LogP contribution in [0, 0.1) is 0 Å². The van der Waals surface area contributed by atoms with E-state index in [-0.39, 0.29) is 6.61 Å². The molecule has 0 amide bonds. The normalized spacial score (nSPS) is 10.0. The van der Waals surface area contributed by atoms with Gasteiger partial charge < -0.3 is 10.4 Å². The maximum atomic E-state index is 8.60. The molecule has 13 heavy (non-hydrogen) atoms. The first-order valence-electron chi connectivity index (χ1n) is 4.25. The highest BCUT2D eigenvalue weighted by atomic mass is 32.2. The average molecular weight is 198 g/mol. The second-order valence-electron chi connectivity index (χ2n) is 2.54. The first kappa shape index (κ1) is 10.3. The molecule has 1 heterocycles. The van der Waals surface area contributed by atoms with Crippen LogP contribution in [0.15, 0.2) is 23.2 Å². The molecule has 0 atom stereocenters. The Kier molecular flexibility index (Phi) is 4.64. The Morgan fingerprint density at radius 3 is 3.08 bits per heavy atom. The molecule has 0 spiro atoms. The summed E-state index contributed by atoms with van der Waals surface area (Å²) < 4.78 is 0. The fourth-order valence-corrected chi connectivity index (χ4v) is 1.70. The van der Waals surface area contributed by atoms with Crippen LogP contribution in [0.4, 0.5) is 5.82 Å². The predicted octanol–water partition coefficient (Wildman–Crippen LogP) is 1.60. The quantitative estimate of drug-likeness (QED) is 0.557. The lowest BCUT2D eigenvalue weighted by molar-refractivity contribution is 0.296. The van der Waals surface area contributed by atoms with Crippen LogP contribution in [-0.2, 0) is 0 Å². The predicted molar refractivity (Wildman–Crippen MR) is 56.2 cm³/mol. The van der Waals surface area contributed by atoms with Gasteiger partial charge in [-0.05, 0) is 18.6 Å². The second kappa shape index (κ2) is 5.83. The molecule has 2 N–H and O–H groups in total. The van der Waals surface area contributed by atoms with Crippen molar-refractivity contribution in [1.82, 2.24) is 4.98 Å². The molecule has 0 aliphatic carbocycles. The van der Waals surface area contributed by atoms with Crippen LogP contribution in [0.1, 0.15) is 6.42 Å². The fourth-order valence-electron chi connectivity index (χ4n) is 0.876. The number of anilines is 1. The van der Waals surface area contributed by atoms with Crippen molar-refractivity contribution in [2.75, 3.05) is 24.7 Å². The summed E-state index contributed by atoms with van der Waals surface area (Å²) in [7, 11) is 1.85. The number of nitrogens with zero attached hydrogens (tertiary/aromatic N) is 1. The van der Waals surface area contributed by atoms with Gasteiger partial charge in [-0.15, -0.1) is 11.8 Å². The molecule has 0 saturated heterocycles. The monoisotopic (exact) mass is 198 g/mol. The number of aliphatic hydroxyl groups is 1. The van der Waals surface area contributed by atoms with Crippen molar-refractivity contribution in [3.8, 4) is 0 Å². The SMILES string of the molecule is CNc1cccc(SCCCO)n1. The highest BCUT2D eigenvalue weighted by molar-refractivity contribution is 7.99. The van der Waals surface area contributed by atoms with Gasteiger partial charge in [-0.2, -0.15) is 0 Å². The third kappa shape index (κ3) is 3.65. The molecule has 1 aromatic rings. The Hall–Kier alpha value is -0.740. The van der Waals surface area contributed by atoms with Gasteiger partial charge in [0.15, 0.2) is 0 Å². The average Bonchev–Trinajstić information content (AvgIpc) is 2.19. The minimum Gasteiger partial charge on any atom is -0.396 e. The number of nitrogens with one attached hydrogen (secondary N) is 1. The number of thioether (sulfide) groups is 1. The molecular formula is C9H14N2OS. The van der Waals surface area contributed by atoms with Crippen LogP contribution in [-0.4, -0.2) is 29.5 Å². The first-order valence-corrected chi connectivity index (χ1v) is 5.24. The molecule has 72 valence electrons. The molecule has 0 bridgehead atoms. The van der Waals surface area contributed by atoms with Crippen molar-refractivity contribution >= 4 is 17.6 Å². The molecule has 0 saturated carbocycles. The number of hydrogen-bond acceptors (Lipinski definition) is 4. The van der Waals surface area contributed by atoms with Crippen LogP contribution in [0.5, 0.6) is 0 Å². The van der Waals surface area contributed by atoms with Gasteiger partial charge in [-0.25, -0.2) is 4.98 Å². The summed E-state index contributed by atoms with van der Waals surface area (Å²) in [6.45, 7) is 0.249. The standard InChI is InChI=1S/C9H14N2OS/c1-10-8-4-2-5-9(11-8)13-7-3-6-12/h2,4-5,12H,3,6-7H2,1H3,(H,10,11). The Morgan fingerprint density at radius 1 is 1.54 bits per heavy atom. The third-order valence-electron chi connectivity index (χ3n) is 1.53. The molecule has 0 unspecified atom stereocenters. The van der Waals surface area contributed by atoms with Gasteiger partial charge in [0, 0.05) is 19.4 Å². The van der Waals surface area contributed by atoms with E-state index >= 15 is 0 Å². The summed E-state index contributed by atoms with van der Waals surface area (Å²) >= 11 is 1.66. The molecule has 0 aromatic carbocycles. The molecular weight excluding hydrogens is 184 g/mol. The summed E-state index contributed by atoms with van der Waals surface area (Å²) in [5, 5.41) is 12.6. The maximum absolute atomic E-state index is 8.60.